The summed E-state index contributed by atoms with van der Waals surface area (Å²) < 4.78 is 0. The molecule has 1 aromatic rings. The van der Waals surface area contributed by atoms with Gasteiger partial charge in [0.15, 0.2) is 0 Å². The number of nitrogens with zero attached hydrogens (tertiary/aromatic N) is 2. The summed E-state index contributed by atoms with van der Waals surface area (Å²) in [4.78, 5) is 30.4. The lowest BCUT2D eigenvalue weighted by Gasteiger charge is -2.09. The van der Waals surface area contributed by atoms with Crippen LogP contribution >= 0.6 is 0 Å². The van der Waals surface area contributed by atoms with Crippen molar-refractivity contribution in [2.75, 3.05) is 11.9 Å². The van der Waals surface area contributed by atoms with E-state index in [1.165, 1.54) is 19.3 Å². The largest absolute Gasteiger partial charge is 0.369 e. The van der Waals surface area contributed by atoms with E-state index in [0.717, 1.165) is 13.0 Å². The molecule has 98 valence electrons. The fraction of sp³-hybridized carbons (Fsp3) is 0.455. The van der Waals surface area contributed by atoms with Crippen molar-refractivity contribution < 1.29 is 9.59 Å². The Kier molecular flexibility index (Phi) is 5.04. The van der Waals surface area contributed by atoms with E-state index in [1.54, 1.807) is 0 Å². The minimum atomic E-state index is -0.739. The zero-order valence-corrected chi connectivity index (χ0v) is 10.4. The third kappa shape index (κ3) is 4.00. The fourth-order valence-electron chi connectivity index (χ4n) is 1.13. The molecule has 18 heavy (non-hydrogen) atoms. The van der Waals surface area contributed by atoms with Crippen molar-refractivity contribution in [2.24, 2.45) is 5.73 Å². The van der Waals surface area contributed by atoms with Crippen LogP contribution in [0.5, 0.6) is 0 Å². The van der Waals surface area contributed by atoms with Crippen LogP contribution < -0.4 is 16.4 Å². The number of hydrogen-bond acceptors (Lipinski definition) is 5. The predicted molar refractivity (Wildman–Crippen MR) is 66.9 cm³/mol. The van der Waals surface area contributed by atoms with Gasteiger partial charge in [0.2, 0.25) is 5.91 Å². The number of rotatable bonds is 6. The Morgan fingerprint density at radius 1 is 1.39 bits per heavy atom. The first-order valence-corrected chi connectivity index (χ1v) is 5.70. The molecular weight excluding hydrogens is 234 g/mol. The smallest absolute Gasteiger partial charge is 0.272 e. The molecule has 0 aromatic carbocycles. The quantitative estimate of drug-likeness (QED) is 0.654. The molecule has 0 aliphatic carbocycles. The Morgan fingerprint density at radius 3 is 2.61 bits per heavy atom. The Hall–Kier alpha value is -2.18. The van der Waals surface area contributed by atoms with Crippen LogP contribution in [0.4, 0.5) is 5.82 Å². The first kappa shape index (κ1) is 13.9. The molecule has 2 amide bonds. The maximum absolute atomic E-state index is 11.6. The molecule has 4 N–H and O–H groups in total. The van der Waals surface area contributed by atoms with Crippen LogP contribution in [-0.2, 0) is 4.79 Å². The van der Waals surface area contributed by atoms with Gasteiger partial charge in [-0.2, -0.15) is 0 Å². The maximum Gasteiger partial charge on any atom is 0.272 e. The number of carbonyl (C=O) groups excluding carboxylic acids is 2. The van der Waals surface area contributed by atoms with Gasteiger partial charge in [-0.25, -0.2) is 9.97 Å². The lowest BCUT2D eigenvalue weighted by Crippen LogP contribution is -2.42. The molecule has 0 radical (unpaired) electrons. The van der Waals surface area contributed by atoms with E-state index in [9.17, 15) is 9.59 Å². The first-order valence-electron chi connectivity index (χ1n) is 5.70. The number of amides is 2. The van der Waals surface area contributed by atoms with Crippen molar-refractivity contribution in [1.82, 2.24) is 15.3 Å². The number of primary amides is 1. The Morgan fingerprint density at radius 2 is 2.11 bits per heavy atom. The van der Waals surface area contributed by atoms with Gasteiger partial charge in [0, 0.05) is 6.54 Å². The SMILES string of the molecule is CCCNc1cnc(C(=O)NC(C)C(N)=O)cn1. The van der Waals surface area contributed by atoms with Crippen molar-refractivity contribution in [1.29, 1.82) is 0 Å². The molecular formula is C11H17N5O2. The summed E-state index contributed by atoms with van der Waals surface area (Å²) in [5.41, 5.74) is 5.19. The number of nitrogens with one attached hydrogen (secondary N) is 2. The summed E-state index contributed by atoms with van der Waals surface area (Å²) in [6.45, 7) is 4.33. The number of carbonyl (C=O) groups is 2. The predicted octanol–water partition coefficient (Wildman–Crippen LogP) is -0.0979. The van der Waals surface area contributed by atoms with Gasteiger partial charge >= 0.3 is 0 Å². The number of anilines is 1. The van der Waals surface area contributed by atoms with Crippen molar-refractivity contribution in [2.45, 2.75) is 26.3 Å². The summed E-state index contributed by atoms with van der Waals surface area (Å²) in [6.07, 6.45) is 3.79. The minimum absolute atomic E-state index is 0.144. The van der Waals surface area contributed by atoms with Gasteiger partial charge in [-0.3, -0.25) is 9.59 Å². The normalized spacial score (nSPS) is 11.7. The minimum Gasteiger partial charge on any atom is -0.369 e. The molecule has 0 aliphatic rings. The molecule has 0 spiro atoms. The standard InChI is InChI=1S/C11H17N5O2/c1-3-4-13-9-6-14-8(5-15-9)11(18)16-7(2)10(12)17/h5-7H,3-4H2,1-2H3,(H2,12,17)(H,13,15)(H,16,18). The monoisotopic (exact) mass is 251 g/mol. The first-order chi connectivity index (χ1) is 8.54. The second-order valence-corrected chi connectivity index (χ2v) is 3.81. The molecule has 7 nitrogen and oxygen atoms in total. The Bertz CT molecular complexity index is 418. The average Bonchev–Trinajstić information content (AvgIpc) is 2.36. The second-order valence-electron chi connectivity index (χ2n) is 3.81. The van der Waals surface area contributed by atoms with Crippen molar-refractivity contribution >= 4 is 17.6 Å². The van der Waals surface area contributed by atoms with Gasteiger partial charge in [-0.05, 0) is 13.3 Å². The molecule has 0 aliphatic heterocycles. The van der Waals surface area contributed by atoms with Gasteiger partial charge in [-0.1, -0.05) is 6.92 Å². The molecule has 1 rings (SSSR count). The van der Waals surface area contributed by atoms with Gasteiger partial charge in [0.05, 0.1) is 12.4 Å². The highest BCUT2D eigenvalue weighted by atomic mass is 16.2. The fourth-order valence-corrected chi connectivity index (χ4v) is 1.13. The third-order valence-electron chi connectivity index (χ3n) is 2.21. The lowest BCUT2D eigenvalue weighted by atomic mass is 10.3. The average molecular weight is 251 g/mol. The molecule has 1 aromatic heterocycles. The molecule has 1 heterocycles. The summed E-state index contributed by atoms with van der Waals surface area (Å²) in [6, 6.07) is -0.739. The van der Waals surface area contributed by atoms with E-state index >= 15 is 0 Å². The summed E-state index contributed by atoms with van der Waals surface area (Å²) in [5, 5.41) is 5.46. The van der Waals surface area contributed by atoms with Gasteiger partial charge in [0.25, 0.3) is 5.91 Å². The highest BCUT2D eigenvalue weighted by Gasteiger charge is 2.14. The Labute approximate surface area is 105 Å². The van der Waals surface area contributed by atoms with Crippen LogP contribution in [0.3, 0.4) is 0 Å². The summed E-state index contributed by atoms with van der Waals surface area (Å²) >= 11 is 0. The zero-order valence-electron chi connectivity index (χ0n) is 10.4. The van der Waals surface area contributed by atoms with Crippen LogP contribution in [-0.4, -0.2) is 34.4 Å². The summed E-state index contributed by atoms with van der Waals surface area (Å²) in [7, 11) is 0. The number of aromatic nitrogens is 2. The van der Waals surface area contributed by atoms with Crippen LogP contribution in [0.1, 0.15) is 30.8 Å². The van der Waals surface area contributed by atoms with E-state index in [2.05, 4.69) is 20.6 Å². The maximum atomic E-state index is 11.6. The molecule has 0 bridgehead atoms. The van der Waals surface area contributed by atoms with Gasteiger partial charge < -0.3 is 16.4 Å². The van der Waals surface area contributed by atoms with E-state index < -0.39 is 17.9 Å². The van der Waals surface area contributed by atoms with E-state index in [-0.39, 0.29) is 5.69 Å². The summed E-state index contributed by atoms with van der Waals surface area (Å²) in [5.74, 6) is -0.468. The number of hydrogen-bond donors (Lipinski definition) is 3. The van der Waals surface area contributed by atoms with E-state index in [4.69, 9.17) is 5.73 Å². The molecule has 0 fully saturated rings. The lowest BCUT2D eigenvalue weighted by molar-refractivity contribution is -0.119. The van der Waals surface area contributed by atoms with Crippen molar-refractivity contribution in [3.63, 3.8) is 0 Å². The molecule has 0 saturated heterocycles. The van der Waals surface area contributed by atoms with E-state index in [0.29, 0.717) is 5.82 Å². The van der Waals surface area contributed by atoms with Crippen LogP contribution in [0.25, 0.3) is 0 Å². The third-order valence-corrected chi connectivity index (χ3v) is 2.21. The topological polar surface area (TPSA) is 110 Å². The van der Waals surface area contributed by atoms with Gasteiger partial charge in [-0.15, -0.1) is 0 Å². The highest BCUT2D eigenvalue weighted by Crippen LogP contribution is 2.01. The van der Waals surface area contributed by atoms with Crippen LogP contribution in [0.2, 0.25) is 0 Å². The van der Waals surface area contributed by atoms with Crippen molar-refractivity contribution in [3.05, 3.63) is 18.1 Å². The Balaban J connectivity index is 2.61. The molecule has 0 saturated carbocycles. The van der Waals surface area contributed by atoms with Crippen LogP contribution in [0, 0.1) is 0 Å². The highest BCUT2D eigenvalue weighted by molar-refractivity contribution is 5.95. The van der Waals surface area contributed by atoms with Gasteiger partial charge in [0.1, 0.15) is 17.6 Å². The molecule has 1 unspecified atom stereocenters. The van der Waals surface area contributed by atoms with Crippen LogP contribution in [0.15, 0.2) is 12.4 Å². The molecule has 7 heteroatoms. The number of nitrogens with two attached hydrogens (primary N) is 1. The van der Waals surface area contributed by atoms with Crippen molar-refractivity contribution in [3.8, 4) is 0 Å². The second kappa shape index (κ2) is 6.53. The zero-order chi connectivity index (χ0) is 13.5. The van der Waals surface area contributed by atoms with E-state index in [1.807, 2.05) is 6.92 Å². The molecule has 1 atom stereocenters.